The van der Waals surface area contributed by atoms with Crippen LogP contribution in [0.1, 0.15) is 39.0 Å². The van der Waals surface area contributed by atoms with Gasteiger partial charge in [-0.1, -0.05) is 6.92 Å². The Morgan fingerprint density at radius 3 is 2.73 bits per heavy atom. The first kappa shape index (κ1) is 14.4. The Kier molecular flexibility index (Phi) is 9.52. The fraction of sp³-hybridized carbons (Fsp3) is 0.909. The summed E-state index contributed by atoms with van der Waals surface area (Å²) in [7, 11) is 1.60. The van der Waals surface area contributed by atoms with Gasteiger partial charge in [-0.2, -0.15) is 0 Å². The molecule has 1 unspecified atom stereocenters. The second-order valence-electron chi connectivity index (χ2n) is 3.64. The highest BCUT2D eigenvalue weighted by Gasteiger charge is 2.04. The van der Waals surface area contributed by atoms with Crippen LogP contribution < -0.4 is 5.32 Å². The molecule has 0 bridgehead atoms. The predicted molar refractivity (Wildman–Crippen MR) is 59.7 cm³/mol. The van der Waals surface area contributed by atoms with Gasteiger partial charge in [-0.3, -0.25) is 4.79 Å². The number of methoxy groups -OCH3 is 1. The topological polar surface area (TPSA) is 58.6 Å². The number of carbonyl (C=O) groups is 1. The monoisotopic (exact) mass is 217 g/mol. The average Bonchev–Trinajstić information content (AvgIpc) is 2.24. The van der Waals surface area contributed by atoms with Gasteiger partial charge >= 0.3 is 0 Å². The summed E-state index contributed by atoms with van der Waals surface area (Å²) in [6.45, 7) is 2.78. The van der Waals surface area contributed by atoms with Gasteiger partial charge in [-0.15, -0.1) is 0 Å². The fourth-order valence-corrected chi connectivity index (χ4v) is 1.32. The summed E-state index contributed by atoms with van der Waals surface area (Å²) in [6.07, 6.45) is 4.19. The lowest BCUT2D eigenvalue weighted by Gasteiger charge is -2.11. The number of aliphatic hydroxyl groups is 1. The van der Waals surface area contributed by atoms with Gasteiger partial charge in [0.25, 0.3) is 0 Å². The molecule has 0 aliphatic rings. The van der Waals surface area contributed by atoms with Crippen molar-refractivity contribution in [1.29, 1.82) is 0 Å². The maximum absolute atomic E-state index is 11.1. The number of ether oxygens (including phenoxy) is 1. The summed E-state index contributed by atoms with van der Waals surface area (Å²) in [5.74, 6) is 0.128. The number of nitrogens with one attached hydrogen (secondary N) is 1. The molecule has 2 N–H and O–H groups in total. The normalized spacial score (nSPS) is 12.5. The number of hydrogen-bond acceptors (Lipinski definition) is 3. The molecule has 0 radical (unpaired) electrons. The van der Waals surface area contributed by atoms with Crippen molar-refractivity contribution in [2.24, 2.45) is 0 Å². The van der Waals surface area contributed by atoms with Crippen LogP contribution in [0.4, 0.5) is 0 Å². The molecule has 0 rings (SSSR count). The van der Waals surface area contributed by atoms with E-state index in [1.807, 2.05) is 6.92 Å². The molecule has 15 heavy (non-hydrogen) atoms. The van der Waals surface area contributed by atoms with E-state index in [1.165, 1.54) is 0 Å². The lowest BCUT2D eigenvalue weighted by molar-refractivity contribution is -0.121. The third kappa shape index (κ3) is 8.39. The molecule has 0 spiro atoms. The quantitative estimate of drug-likeness (QED) is 0.568. The number of carbonyl (C=O) groups excluding carboxylic acids is 1. The van der Waals surface area contributed by atoms with E-state index in [2.05, 4.69) is 5.32 Å². The zero-order valence-corrected chi connectivity index (χ0v) is 9.79. The van der Waals surface area contributed by atoms with Crippen LogP contribution in [0.5, 0.6) is 0 Å². The van der Waals surface area contributed by atoms with Crippen molar-refractivity contribution in [2.75, 3.05) is 20.3 Å². The van der Waals surface area contributed by atoms with Crippen LogP contribution in [0.3, 0.4) is 0 Å². The second-order valence-corrected chi connectivity index (χ2v) is 3.64. The van der Waals surface area contributed by atoms with E-state index in [4.69, 9.17) is 9.84 Å². The van der Waals surface area contributed by atoms with Crippen LogP contribution in [0.15, 0.2) is 0 Å². The molecule has 1 atom stereocenters. The highest BCUT2D eigenvalue weighted by Crippen LogP contribution is 2.02. The summed E-state index contributed by atoms with van der Waals surface area (Å²) >= 11 is 0. The Balaban J connectivity index is 3.27. The van der Waals surface area contributed by atoms with Gasteiger partial charge in [-0.05, 0) is 25.7 Å². The maximum atomic E-state index is 11.1. The first-order valence-electron chi connectivity index (χ1n) is 5.65. The van der Waals surface area contributed by atoms with Gasteiger partial charge in [0.15, 0.2) is 0 Å². The molecule has 0 fully saturated rings. The van der Waals surface area contributed by atoms with Crippen molar-refractivity contribution < 1.29 is 14.6 Å². The zero-order chi connectivity index (χ0) is 11.5. The molecule has 0 aromatic carbocycles. The highest BCUT2D eigenvalue weighted by atomic mass is 16.5. The van der Waals surface area contributed by atoms with Crippen molar-refractivity contribution in [3.8, 4) is 0 Å². The number of hydrogen-bond donors (Lipinski definition) is 2. The summed E-state index contributed by atoms with van der Waals surface area (Å²) in [4.78, 5) is 11.1. The maximum Gasteiger partial charge on any atom is 0.219 e. The van der Waals surface area contributed by atoms with E-state index in [0.29, 0.717) is 6.42 Å². The molecular formula is C11H23NO3. The van der Waals surface area contributed by atoms with Crippen LogP contribution in [0.25, 0.3) is 0 Å². The number of rotatable bonds is 9. The largest absolute Gasteiger partial charge is 0.394 e. The molecule has 0 heterocycles. The molecule has 0 aliphatic carbocycles. The van der Waals surface area contributed by atoms with Crippen molar-refractivity contribution in [2.45, 2.75) is 45.1 Å². The van der Waals surface area contributed by atoms with E-state index >= 15 is 0 Å². The minimum Gasteiger partial charge on any atom is -0.394 e. The van der Waals surface area contributed by atoms with E-state index in [9.17, 15) is 4.79 Å². The molecule has 0 saturated carbocycles. The number of unbranched alkanes of at least 4 members (excludes halogenated alkanes) is 1. The van der Waals surface area contributed by atoms with Gasteiger partial charge in [-0.25, -0.2) is 0 Å². The summed E-state index contributed by atoms with van der Waals surface area (Å²) < 4.78 is 5.03. The summed E-state index contributed by atoms with van der Waals surface area (Å²) in [6, 6.07) is 0. The Labute approximate surface area is 92.0 Å². The van der Waals surface area contributed by atoms with E-state index in [0.717, 1.165) is 32.2 Å². The highest BCUT2D eigenvalue weighted by molar-refractivity contribution is 5.75. The average molecular weight is 217 g/mol. The van der Waals surface area contributed by atoms with Crippen LogP contribution >= 0.6 is 0 Å². The standard InChI is InChI=1S/C11H23NO3/c1-3-6-11(14)12-8-5-4-7-10(9-13)15-2/h10,13H,3-9H2,1-2H3,(H,12,14). The predicted octanol–water partition coefficient (Wildman–Crippen LogP) is 1.08. The van der Waals surface area contributed by atoms with Crippen LogP contribution in [-0.4, -0.2) is 37.4 Å². The number of aliphatic hydroxyl groups excluding tert-OH is 1. The van der Waals surface area contributed by atoms with Crippen LogP contribution in [0, 0.1) is 0 Å². The SMILES string of the molecule is CCCC(=O)NCCCCC(CO)OC. The molecule has 1 amide bonds. The third-order valence-corrected chi connectivity index (χ3v) is 2.29. The van der Waals surface area contributed by atoms with Crippen molar-refractivity contribution in [3.05, 3.63) is 0 Å². The first-order valence-corrected chi connectivity index (χ1v) is 5.65. The molecular weight excluding hydrogens is 194 g/mol. The molecule has 90 valence electrons. The van der Waals surface area contributed by atoms with Gasteiger partial charge in [0, 0.05) is 20.1 Å². The Bertz CT molecular complexity index is 158. The van der Waals surface area contributed by atoms with Gasteiger partial charge in [0.2, 0.25) is 5.91 Å². The zero-order valence-electron chi connectivity index (χ0n) is 9.79. The third-order valence-electron chi connectivity index (χ3n) is 2.29. The first-order chi connectivity index (χ1) is 7.24. The van der Waals surface area contributed by atoms with Crippen molar-refractivity contribution >= 4 is 5.91 Å². The van der Waals surface area contributed by atoms with Crippen molar-refractivity contribution in [3.63, 3.8) is 0 Å². The van der Waals surface area contributed by atoms with Gasteiger partial charge < -0.3 is 15.2 Å². The van der Waals surface area contributed by atoms with Crippen molar-refractivity contribution in [1.82, 2.24) is 5.32 Å². The molecule has 0 aromatic heterocycles. The van der Waals surface area contributed by atoms with Crippen LogP contribution in [-0.2, 0) is 9.53 Å². The van der Waals surface area contributed by atoms with Gasteiger partial charge in [0.1, 0.15) is 0 Å². The minimum absolute atomic E-state index is 0.0589. The molecule has 0 saturated heterocycles. The Morgan fingerprint density at radius 2 is 2.20 bits per heavy atom. The van der Waals surface area contributed by atoms with E-state index in [-0.39, 0.29) is 18.6 Å². The van der Waals surface area contributed by atoms with Crippen LogP contribution in [0.2, 0.25) is 0 Å². The lowest BCUT2D eigenvalue weighted by atomic mass is 10.1. The minimum atomic E-state index is -0.0589. The summed E-state index contributed by atoms with van der Waals surface area (Å²) in [5.41, 5.74) is 0. The molecule has 4 heteroatoms. The Morgan fingerprint density at radius 1 is 1.47 bits per heavy atom. The lowest BCUT2D eigenvalue weighted by Crippen LogP contribution is -2.24. The molecule has 0 aromatic rings. The summed E-state index contributed by atoms with van der Waals surface area (Å²) in [5, 5.41) is 11.7. The van der Waals surface area contributed by atoms with Gasteiger partial charge in [0.05, 0.1) is 12.7 Å². The Hall–Kier alpha value is -0.610. The van der Waals surface area contributed by atoms with E-state index in [1.54, 1.807) is 7.11 Å². The number of amides is 1. The second kappa shape index (κ2) is 9.93. The fourth-order valence-electron chi connectivity index (χ4n) is 1.32. The smallest absolute Gasteiger partial charge is 0.219 e. The molecule has 4 nitrogen and oxygen atoms in total. The van der Waals surface area contributed by atoms with E-state index < -0.39 is 0 Å². The molecule has 0 aliphatic heterocycles.